The van der Waals surface area contributed by atoms with Gasteiger partial charge in [-0.3, -0.25) is 4.79 Å². The van der Waals surface area contributed by atoms with Crippen molar-refractivity contribution in [2.45, 2.75) is 25.3 Å². The molecule has 4 nitrogen and oxygen atoms in total. The number of benzene rings is 1. The largest absolute Gasteiger partial charge is 0.480 e. The maximum Gasteiger partial charge on any atom is 0.326 e. The van der Waals surface area contributed by atoms with Crippen molar-refractivity contribution in [3.8, 4) is 0 Å². The molecule has 0 radical (unpaired) electrons. The monoisotopic (exact) mass is 269 g/mol. The number of likely N-dealkylation sites (tertiary alicyclic amines) is 1. The molecule has 1 unspecified atom stereocenters. The van der Waals surface area contributed by atoms with E-state index in [-0.39, 0.29) is 12.0 Å². The van der Waals surface area contributed by atoms with Crippen LogP contribution >= 0.6 is 0 Å². The Hall–Kier alpha value is -1.98. The Morgan fingerprint density at radius 3 is 2.79 bits per heavy atom. The van der Waals surface area contributed by atoms with Gasteiger partial charge < -0.3 is 10.0 Å². The van der Waals surface area contributed by atoms with Crippen molar-refractivity contribution in [1.82, 2.24) is 4.90 Å². The van der Waals surface area contributed by atoms with Crippen LogP contribution in [0.4, 0.5) is 8.78 Å². The molecule has 1 heterocycles. The van der Waals surface area contributed by atoms with Gasteiger partial charge in [0.1, 0.15) is 6.04 Å². The number of rotatable bonds is 3. The van der Waals surface area contributed by atoms with Crippen molar-refractivity contribution >= 4 is 11.9 Å². The Morgan fingerprint density at radius 1 is 1.37 bits per heavy atom. The van der Waals surface area contributed by atoms with Crippen molar-refractivity contribution in [2.24, 2.45) is 0 Å². The van der Waals surface area contributed by atoms with Crippen LogP contribution in [0.25, 0.3) is 0 Å². The molecule has 2 rings (SSSR count). The molecule has 1 aromatic rings. The lowest BCUT2D eigenvalue weighted by atomic mass is 10.1. The lowest BCUT2D eigenvalue weighted by Crippen LogP contribution is -2.41. The first kappa shape index (κ1) is 13.5. The van der Waals surface area contributed by atoms with Crippen LogP contribution in [0.3, 0.4) is 0 Å². The molecule has 0 aliphatic carbocycles. The Labute approximate surface area is 108 Å². The molecule has 1 saturated heterocycles. The highest BCUT2D eigenvalue weighted by Gasteiger charge is 2.34. The van der Waals surface area contributed by atoms with Gasteiger partial charge >= 0.3 is 5.97 Å². The summed E-state index contributed by atoms with van der Waals surface area (Å²) in [5, 5.41) is 8.97. The van der Waals surface area contributed by atoms with E-state index < -0.39 is 29.6 Å². The number of amides is 1. The van der Waals surface area contributed by atoms with Gasteiger partial charge in [0.2, 0.25) is 5.91 Å². The molecule has 102 valence electrons. The van der Waals surface area contributed by atoms with E-state index in [0.717, 1.165) is 6.07 Å². The number of carboxylic acids is 1. The third kappa shape index (κ3) is 2.72. The third-order valence-electron chi connectivity index (χ3n) is 3.23. The Bertz CT molecular complexity index is 519. The second kappa shape index (κ2) is 5.34. The zero-order valence-electron chi connectivity index (χ0n) is 10.1. The lowest BCUT2D eigenvalue weighted by Gasteiger charge is -2.21. The maximum atomic E-state index is 13.4. The number of nitrogens with zero attached hydrogens (tertiary/aromatic N) is 1. The molecule has 1 aliphatic heterocycles. The van der Waals surface area contributed by atoms with Crippen molar-refractivity contribution in [2.75, 3.05) is 6.54 Å². The summed E-state index contributed by atoms with van der Waals surface area (Å²) in [6, 6.07) is 2.75. The summed E-state index contributed by atoms with van der Waals surface area (Å²) in [4.78, 5) is 24.1. The number of carboxylic acid groups (broad SMARTS) is 1. The standard InChI is InChI=1S/C13H13F2NO3/c14-9-4-1-3-8(12(9)15)7-11(17)16-6-2-5-10(16)13(18)19/h1,3-4,10H,2,5-7H2,(H,18,19). The van der Waals surface area contributed by atoms with Crippen molar-refractivity contribution in [3.63, 3.8) is 0 Å². The zero-order chi connectivity index (χ0) is 14.0. The van der Waals surface area contributed by atoms with Crippen LogP contribution in [-0.2, 0) is 16.0 Å². The highest BCUT2D eigenvalue weighted by atomic mass is 19.2. The molecule has 1 aromatic carbocycles. The minimum atomic E-state index is -1.06. The molecule has 19 heavy (non-hydrogen) atoms. The first-order chi connectivity index (χ1) is 9.00. The van der Waals surface area contributed by atoms with Crippen molar-refractivity contribution in [1.29, 1.82) is 0 Å². The fourth-order valence-corrected chi connectivity index (χ4v) is 2.27. The smallest absolute Gasteiger partial charge is 0.326 e. The number of carbonyl (C=O) groups is 2. The van der Waals surface area contributed by atoms with E-state index in [4.69, 9.17) is 5.11 Å². The minimum absolute atomic E-state index is 0.0546. The van der Waals surface area contributed by atoms with Crippen LogP contribution in [0.15, 0.2) is 18.2 Å². The number of aliphatic carboxylic acids is 1. The molecule has 1 aliphatic rings. The van der Waals surface area contributed by atoms with Gasteiger partial charge in [-0.25, -0.2) is 13.6 Å². The molecule has 0 saturated carbocycles. The van der Waals surface area contributed by atoms with Crippen LogP contribution in [0, 0.1) is 11.6 Å². The van der Waals surface area contributed by atoms with Gasteiger partial charge in [0.05, 0.1) is 6.42 Å². The zero-order valence-corrected chi connectivity index (χ0v) is 10.1. The number of carbonyl (C=O) groups excluding carboxylic acids is 1. The van der Waals surface area contributed by atoms with E-state index in [0.29, 0.717) is 19.4 Å². The Morgan fingerprint density at radius 2 is 2.11 bits per heavy atom. The van der Waals surface area contributed by atoms with Crippen LogP contribution in [-0.4, -0.2) is 34.5 Å². The summed E-state index contributed by atoms with van der Waals surface area (Å²) in [6.07, 6.45) is 0.675. The predicted molar refractivity (Wildman–Crippen MR) is 62.4 cm³/mol. The second-order valence-corrected chi connectivity index (χ2v) is 4.47. The van der Waals surface area contributed by atoms with Gasteiger partial charge in [-0.2, -0.15) is 0 Å². The summed E-state index contributed by atoms with van der Waals surface area (Å²) < 4.78 is 26.5. The third-order valence-corrected chi connectivity index (χ3v) is 3.23. The summed E-state index contributed by atoms with van der Waals surface area (Å²) in [5.74, 6) is -3.62. The van der Waals surface area contributed by atoms with Crippen molar-refractivity contribution in [3.05, 3.63) is 35.4 Å². The topological polar surface area (TPSA) is 57.6 Å². The molecular weight excluding hydrogens is 256 g/mol. The fourth-order valence-electron chi connectivity index (χ4n) is 2.27. The average molecular weight is 269 g/mol. The fraction of sp³-hybridized carbons (Fsp3) is 0.385. The molecule has 1 amide bonds. The molecule has 1 N–H and O–H groups in total. The highest BCUT2D eigenvalue weighted by molar-refractivity contribution is 5.85. The predicted octanol–water partition coefficient (Wildman–Crippen LogP) is 1.58. The van der Waals surface area contributed by atoms with E-state index >= 15 is 0 Å². The molecule has 1 fully saturated rings. The molecule has 1 atom stereocenters. The van der Waals surface area contributed by atoms with E-state index in [2.05, 4.69) is 0 Å². The maximum absolute atomic E-state index is 13.4. The SMILES string of the molecule is O=C(O)C1CCCN1C(=O)Cc1cccc(F)c1F. The first-order valence-corrected chi connectivity index (χ1v) is 5.96. The van der Waals surface area contributed by atoms with Gasteiger partial charge in [-0.15, -0.1) is 0 Å². The van der Waals surface area contributed by atoms with Crippen LogP contribution in [0.2, 0.25) is 0 Å². The molecule has 0 spiro atoms. The highest BCUT2D eigenvalue weighted by Crippen LogP contribution is 2.20. The van der Waals surface area contributed by atoms with Crippen LogP contribution < -0.4 is 0 Å². The number of halogens is 2. The summed E-state index contributed by atoms with van der Waals surface area (Å²) in [5.41, 5.74) is -0.0546. The second-order valence-electron chi connectivity index (χ2n) is 4.47. The molecular formula is C13H13F2NO3. The quantitative estimate of drug-likeness (QED) is 0.906. The lowest BCUT2D eigenvalue weighted by molar-refractivity contribution is -0.148. The van der Waals surface area contributed by atoms with E-state index in [9.17, 15) is 18.4 Å². The first-order valence-electron chi connectivity index (χ1n) is 5.96. The van der Waals surface area contributed by atoms with Gasteiger partial charge in [-0.05, 0) is 18.9 Å². The Balaban J connectivity index is 2.13. The average Bonchev–Trinajstić information content (AvgIpc) is 2.84. The number of hydrogen-bond acceptors (Lipinski definition) is 2. The van der Waals surface area contributed by atoms with Crippen LogP contribution in [0.5, 0.6) is 0 Å². The Kier molecular flexibility index (Phi) is 3.78. The van der Waals surface area contributed by atoms with Gasteiger partial charge in [0.25, 0.3) is 0 Å². The van der Waals surface area contributed by atoms with Crippen LogP contribution in [0.1, 0.15) is 18.4 Å². The summed E-state index contributed by atoms with van der Waals surface area (Å²) in [7, 11) is 0. The normalized spacial score (nSPS) is 18.6. The molecule has 6 heteroatoms. The molecule has 0 bridgehead atoms. The van der Waals surface area contributed by atoms with Gasteiger partial charge in [-0.1, -0.05) is 12.1 Å². The van der Waals surface area contributed by atoms with Gasteiger partial charge in [0.15, 0.2) is 11.6 Å². The van der Waals surface area contributed by atoms with Crippen molar-refractivity contribution < 1.29 is 23.5 Å². The van der Waals surface area contributed by atoms with E-state index in [1.807, 2.05) is 0 Å². The summed E-state index contributed by atoms with van der Waals surface area (Å²) in [6.45, 7) is 0.340. The van der Waals surface area contributed by atoms with E-state index in [1.54, 1.807) is 0 Å². The molecule has 0 aromatic heterocycles. The summed E-state index contributed by atoms with van der Waals surface area (Å²) >= 11 is 0. The van der Waals surface area contributed by atoms with Gasteiger partial charge in [0, 0.05) is 12.1 Å². The number of hydrogen-bond donors (Lipinski definition) is 1. The van der Waals surface area contributed by atoms with E-state index in [1.165, 1.54) is 17.0 Å². The minimum Gasteiger partial charge on any atom is -0.480 e.